The Morgan fingerprint density at radius 1 is 1.03 bits per heavy atom. The Hall–Kier alpha value is -4.14. The molecule has 9 nitrogen and oxygen atoms in total. The number of hydrogen-bond donors (Lipinski definition) is 3. The lowest BCUT2D eigenvalue weighted by molar-refractivity contribution is 0.0527. The number of aliphatic imine (C=N–C) groups is 1. The van der Waals surface area contributed by atoms with E-state index in [9.17, 15) is 19.5 Å². The molecule has 0 unspecified atom stereocenters. The number of nitrogens with zero attached hydrogens (tertiary/aromatic N) is 2. The van der Waals surface area contributed by atoms with Crippen LogP contribution in [0.1, 0.15) is 43.1 Å². The molecule has 3 aromatic rings. The average Bonchev–Trinajstić information content (AvgIpc) is 3.25. The molecular weight excluding hydrogens is 436 g/mol. The first-order valence-corrected chi connectivity index (χ1v) is 11.0. The van der Waals surface area contributed by atoms with Gasteiger partial charge in [-0.15, -0.1) is 0 Å². The molecule has 1 aliphatic heterocycles. The number of rotatable bonds is 5. The number of amides is 2. The summed E-state index contributed by atoms with van der Waals surface area (Å²) >= 11 is 0. The third-order valence-electron chi connectivity index (χ3n) is 5.18. The molecule has 9 heteroatoms. The van der Waals surface area contributed by atoms with Crippen LogP contribution < -0.4 is 10.6 Å². The standard InChI is InChI=1S/C25H26N4O5/c1-25(2,3)34-24(33)27-14-8-13-26-23(32)29-18-12-7-5-10-16(18)19(22(29)31)20-21(30)15-9-4-6-11-17(15)28-20/h4-7,9-12,31H,8,13-14H2,1-3H3,(H,26,32)(H,27,33). The quantitative estimate of drug-likeness (QED) is 0.492. The van der Waals surface area contributed by atoms with Crippen LogP contribution in [-0.4, -0.2) is 52.0 Å². The number of benzene rings is 2. The number of para-hydroxylation sites is 2. The van der Waals surface area contributed by atoms with Crippen molar-refractivity contribution in [3.63, 3.8) is 0 Å². The Morgan fingerprint density at radius 3 is 2.44 bits per heavy atom. The van der Waals surface area contributed by atoms with Gasteiger partial charge >= 0.3 is 12.1 Å². The van der Waals surface area contributed by atoms with Crippen LogP contribution in [0.5, 0.6) is 5.88 Å². The lowest BCUT2D eigenvalue weighted by Crippen LogP contribution is -2.35. The van der Waals surface area contributed by atoms with Crippen LogP contribution in [0.25, 0.3) is 10.9 Å². The Kier molecular flexibility index (Phi) is 6.10. The minimum Gasteiger partial charge on any atom is -0.494 e. The van der Waals surface area contributed by atoms with E-state index < -0.39 is 17.7 Å². The van der Waals surface area contributed by atoms with Gasteiger partial charge in [0.2, 0.25) is 11.7 Å². The Morgan fingerprint density at radius 2 is 1.71 bits per heavy atom. The first kappa shape index (κ1) is 23.0. The number of ketones is 1. The normalized spacial score (nSPS) is 12.9. The van der Waals surface area contributed by atoms with Gasteiger partial charge in [0.25, 0.3) is 0 Å². The van der Waals surface area contributed by atoms with Crippen molar-refractivity contribution in [2.45, 2.75) is 32.8 Å². The smallest absolute Gasteiger partial charge is 0.407 e. The molecule has 2 amide bonds. The molecule has 1 aromatic heterocycles. The topological polar surface area (TPSA) is 122 Å². The van der Waals surface area contributed by atoms with Crippen LogP contribution in [0, 0.1) is 0 Å². The molecule has 2 aromatic carbocycles. The van der Waals surface area contributed by atoms with E-state index in [2.05, 4.69) is 15.6 Å². The number of alkyl carbamates (subject to hydrolysis) is 1. The third kappa shape index (κ3) is 4.50. The molecular formula is C25H26N4O5. The highest BCUT2D eigenvalue weighted by Crippen LogP contribution is 2.37. The van der Waals surface area contributed by atoms with E-state index >= 15 is 0 Å². The van der Waals surface area contributed by atoms with Crippen molar-refractivity contribution < 1.29 is 24.2 Å². The Bertz CT molecular complexity index is 1320. The summed E-state index contributed by atoms with van der Waals surface area (Å²) in [6, 6.07) is 13.3. The van der Waals surface area contributed by atoms with Crippen LogP contribution in [0.15, 0.2) is 53.5 Å². The number of fused-ring (bicyclic) bond motifs is 2. The summed E-state index contributed by atoms with van der Waals surface area (Å²) in [6.07, 6.45) is -0.0706. The molecule has 34 heavy (non-hydrogen) atoms. The Balaban J connectivity index is 1.50. The molecule has 0 spiro atoms. The Labute approximate surface area is 196 Å². The highest BCUT2D eigenvalue weighted by Gasteiger charge is 2.32. The number of Topliss-reactive ketones (excluding diaryl/α,β-unsaturated/α-hetero) is 1. The summed E-state index contributed by atoms with van der Waals surface area (Å²) < 4.78 is 6.30. The zero-order valence-electron chi connectivity index (χ0n) is 19.2. The lowest BCUT2D eigenvalue weighted by Gasteiger charge is -2.19. The average molecular weight is 463 g/mol. The summed E-state index contributed by atoms with van der Waals surface area (Å²) in [5.74, 6) is -0.659. The first-order chi connectivity index (χ1) is 16.2. The van der Waals surface area contributed by atoms with Crippen LogP contribution in [0.2, 0.25) is 0 Å². The SMILES string of the molecule is CC(C)(C)OC(=O)NCCCNC(=O)n1c(O)c(C2=Nc3ccccc3C2=O)c2ccccc21. The molecule has 0 bridgehead atoms. The van der Waals surface area contributed by atoms with E-state index in [1.165, 1.54) is 0 Å². The van der Waals surface area contributed by atoms with E-state index in [0.29, 0.717) is 35.1 Å². The number of nitrogens with one attached hydrogen (secondary N) is 2. The second-order valence-corrected chi connectivity index (χ2v) is 8.87. The maximum Gasteiger partial charge on any atom is 0.407 e. The second kappa shape index (κ2) is 9.01. The molecule has 0 radical (unpaired) electrons. The highest BCUT2D eigenvalue weighted by atomic mass is 16.6. The van der Waals surface area contributed by atoms with Gasteiger partial charge in [0.1, 0.15) is 11.3 Å². The molecule has 0 atom stereocenters. The highest BCUT2D eigenvalue weighted by molar-refractivity contribution is 6.56. The number of carbonyl (C=O) groups is 3. The maximum atomic E-state index is 13.0. The number of carbonyl (C=O) groups excluding carboxylic acids is 3. The van der Waals surface area contributed by atoms with Gasteiger partial charge in [0, 0.05) is 24.0 Å². The van der Waals surface area contributed by atoms with Crippen molar-refractivity contribution in [1.29, 1.82) is 0 Å². The summed E-state index contributed by atoms with van der Waals surface area (Å²) in [6.45, 7) is 5.89. The molecule has 0 saturated carbocycles. The minimum atomic E-state index is -0.588. The predicted molar refractivity (Wildman–Crippen MR) is 128 cm³/mol. The first-order valence-electron chi connectivity index (χ1n) is 11.0. The van der Waals surface area contributed by atoms with Gasteiger partial charge in [0.05, 0.1) is 16.8 Å². The number of aromatic nitrogens is 1. The van der Waals surface area contributed by atoms with Crippen LogP contribution in [0.3, 0.4) is 0 Å². The van der Waals surface area contributed by atoms with E-state index in [4.69, 9.17) is 4.74 Å². The number of hydrogen-bond acceptors (Lipinski definition) is 6. The summed E-state index contributed by atoms with van der Waals surface area (Å²) in [4.78, 5) is 42.0. The minimum absolute atomic E-state index is 0.100. The fraction of sp³-hybridized carbons (Fsp3) is 0.280. The fourth-order valence-corrected chi connectivity index (χ4v) is 3.76. The van der Waals surface area contributed by atoms with E-state index in [-0.39, 0.29) is 29.5 Å². The molecule has 1 aliphatic rings. The van der Waals surface area contributed by atoms with Gasteiger partial charge < -0.3 is 20.5 Å². The third-order valence-corrected chi connectivity index (χ3v) is 5.18. The van der Waals surface area contributed by atoms with Crippen LogP contribution >= 0.6 is 0 Å². The number of aromatic hydroxyl groups is 1. The molecule has 0 saturated heterocycles. The van der Waals surface area contributed by atoms with Crippen LogP contribution in [0.4, 0.5) is 15.3 Å². The lowest BCUT2D eigenvalue weighted by atomic mass is 10.0. The second-order valence-electron chi connectivity index (χ2n) is 8.87. The van der Waals surface area contributed by atoms with Crippen molar-refractivity contribution >= 4 is 40.2 Å². The molecule has 2 heterocycles. The largest absolute Gasteiger partial charge is 0.494 e. The molecule has 0 aliphatic carbocycles. The van der Waals surface area contributed by atoms with E-state index in [1.807, 2.05) is 0 Å². The number of ether oxygens (including phenoxy) is 1. The predicted octanol–water partition coefficient (Wildman–Crippen LogP) is 4.14. The van der Waals surface area contributed by atoms with Gasteiger partial charge in [-0.2, -0.15) is 0 Å². The molecule has 4 rings (SSSR count). The van der Waals surface area contributed by atoms with Gasteiger partial charge in [0.15, 0.2) is 0 Å². The summed E-state index contributed by atoms with van der Waals surface area (Å²) in [5.41, 5.74) is 1.17. The molecule has 176 valence electrons. The van der Waals surface area contributed by atoms with Crippen molar-refractivity contribution in [3.8, 4) is 5.88 Å². The van der Waals surface area contributed by atoms with Crippen molar-refractivity contribution in [3.05, 3.63) is 59.7 Å². The summed E-state index contributed by atoms with van der Waals surface area (Å²) in [5, 5.41) is 16.9. The van der Waals surface area contributed by atoms with E-state index in [1.54, 1.807) is 69.3 Å². The zero-order chi connectivity index (χ0) is 24.5. The maximum absolute atomic E-state index is 13.0. The van der Waals surface area contributed by atoms with Gasteiger partial charge in [-0.05, 0) is 45.4 Å². The van der Waals surface area contributed by atoms with Gasteiger partial charge in [-0.1, -0.05) is 30.3 Å². The monoisotopic (exact) mass is 462 g/mol. The summed E-state index contributed by atoms with van der Waals surface area (Å²) in [7, 11) is 0. The fourth-order valence-electron chi connectivity index (χ4n) is 3.76. The van der Waals surface area contributed by atoms with E-state index in [0.717, 1.165) is 4.57 Å². The zero-order valence-corrected chi connectivity index (χ0v) is 19.2. The van der Waals surface area contributed by atoms with Crippen molar-refractivity contribution in [1.82, 2.24) is 15.2 Å². The van der Waals surface area contributed by atoms with Crippen molar-refractivity contribution in [2.24, 2.45) is 4.99 Å². The molecule has 3 N–H and O–H groups in total. The van der Waals surface area contributed by atoms with Gasteiger partial charge in [-0.25, -0.2) is 19.1 Å². The molecule has 0 fully saturated rings. The van der Waals surface area contributed by atoms with Gasteiger partial charge in [-0.3, -0.25) is 4.79 Å². The van der Waals surface area contributed by atoms with Crippen LogP contribution in [-0.2, 0) is 4.74 Å². The van der Waals surface area contributed by atoms with Crippen molar-refractivity contribution in [2.75, 3.05) is 13.1 Å².